The molecule has 3 aliphatic rings. The van der Waals surface area contributed by atoms with Crippen molar-refractivity contribution >= 4 is 83.4 Å². The van der Waals surface area contributed by atoms with Crippen LogP contribution < -0.4 is 9.80 Å². The lowest BCUT2D eigenvalue weighted by atomic mass is 9.61. The highest BCUT2D eigenvalue weighted by atomic mass is 35.5. The lowest BCUT2D eigenvalue weighted by Gasteiger charge is -2.50. The lowest BCUT2D eigenvalue weighted by molar-refractivity contribution is 0.195. The molecular weight excluding hydrogens is 736 g/mol. The number of fused-ring (bicyclic) bond motifs is 8. The topological polar surface area (TPSA) is 19.6 Å². The molecule has 0 saturated heterocycles. The quantitative estimate of drug-likeness (QED) is 0.177. The standard InChI is InChI=1S/C52H55ClN2OS/c1-48(2,3)32-16-18-43-42(24-32)51(8)20-12-13-21-52(51,9)55(43)36-26-33(53)25-35(27-36)54(34-17-19-46-38(28-34)37-14-10-11-15-45(37)56-46)44-31-57-47-30-41-40(29-39(44)47)49(4,5)22-23-50(41,6)7/h10-11,14-19,24-31H,12-13,20-23H2,1-9H3. The maximum Gasteiger partial charge on any atom is 0.135 e. The Morgan fingerprint density at radius 3 is 2.16 bits per heavy atom. The Kier molecular flexibility index (Phi) is 8.05. The van der Waals surface area contributed by atoms with E-state index < -0.39 is 0 Å². The molecule has 2 aliphatic carbocycles. The lowest BCUT2D eigenvalue weighted by Crippen LogP contribution is -2.54. The normalized spacial score (nSPS) is 22.5. The molecule has 10 rings (SSSR count). The SMILES string of the molecule is CC(C)(C)c1ccc2c(c1)C1(C)CCCCC1(C)N2c1cc(Cl)cc(N(c2ccc3oc4ccccc4c3c2)c2csc3cc4c(cc23)C(C)(C)CCC4(C)C)c1. The fourth-order valence-corrected chi connectivity index (χ4v) is 12.1. The van der Waals surface area contributed by atoms with Gasteiger partial charge in [-0.25, -0.2) is 0 Å². The number of benzene rings is 5. The zero-order chi connectivity index (χ0) is 39.9. The van der Waals surface area contributed by atoms with Gasteiger partial charge in [-0.15, -0.1) is 11.3 Å². The summed E-state index contributed by atoms with van der Waals surface area (Å²) in [7, 11) is 0. The third-order valence-corrected chi connectivity index (χ3v) is 15.9. The molecule has 0 bridgehead atoms. The van der Waals surface area contributed by atoms with Gasteiger partial charge in [0.25, 0.3) is 0 Å². The van der Waals surface area contributed by atoms with Crippen LogP contribution in [-0.2, 0) is 21.7 Å². The molecule has 1 aliphatic heterocycles. The van der Waals surface area contributed by atoms with Crippen molar-refractivity contribution in [3.8, 4) is 0 Å². The van der Waals surface area contributed by atoms with Gasteiger partial charge < -0.3 is 14.2 Å². The van der Waals surface area contributed by atoms with Gasteiger partial charge in [-0.05, 0) is 132 Å². The summed E-state index contributed by atoms with van der Waals surface area (Å²) in [6.45, 7) is 21.7. The highest BCUT2D eigenvalue weighted by Crippen LogP contribution is 2.62. The summed E-state index contributed by atoms with van der Waals surface area (Å²) in [4.78, 5) is 5.13. The number of para-hydroxylation sites is 1. The second-order valence-electron chi connectivity index (χ2n) is 20.2. The predicted molar refractivity (Wildman–Crippen MR) is 246 cm³/mol. The first-order valence-electron chi connectivity index (χ1n) is 21.0. The van der Waals surface area contributed by atoms with E-state index in [0.29, 0.717) is 0 Å². The molecule has 57 heavy (non-hydrogen) atoms. The minimum Gasteiger partial charge on any atom is -0.456 e. The van der Waals surface area contributed by atoms with Gasteiger partial charge in [0.1, 0.15) is 11.2 Å². The van der Waals surface area contributed by atoms with Gasteiger partial charge in [-0.1, -0.05) is 110 Å². The molecule has 5 aromatic carbocycles. The van der Waals surface area contributed by atoms with Gasteiger partial charge in [-0.3, -0.25) is 0 Å². The fourth-order valence-electron chi connectivity index (χ4n) is 11.0. The number of hydrogen-bond acceptors (Lipinski definition) is 4. The Bertz CT molecular complexity index is 2760. The van der Waals surface area contributed by atoms with E-state index in [4.69, 9.17) is 16.0 Å². The average molecular weight is 792 g/mol. The molecule has 292 valence electrons. The molecule has 0 amide bonds. The van der Waals surface area contributed by atoms with Crippen molar-refractivity contribution in [3.05, 3.63) is 124 Å². The monoisotopic (exact) mass is 790 g/mol. The van der Waals surface area contributed by atoms with Crippen LogP contribution >= 0.6 is 22.9 Å². The van der Waals surface area contributed by atoms with Crippen LogP contribution in [0.25, 0.3) is 32.0 Å². The second-order valence-corrected chi connectivity index (χ2v) is 21.5. The zero-order valence-corrected chi connectivity index (χ0v) is 36.6. The Morgan fingerprint density at radius 1 is 0.667 bits per heavy atom. The third-order valence-electron chi connectivity index (χ3n) is 14.7. The summed E-state index contributed by atoms with van der Waals surface area (Å²) in [5.41, 5.74) is 13.7. The number of hydrogen-bond donors (Lipinski definition) is 0. The van der Waals surface area contributed by atoms with Crippen LogP contribution in [0.2, 0.25) is 5.02 Å². The second kappa shape index (κ2) is 12.4. The van der Waals surface area contributed by atoms with Crippen molar-refractivity contribution < 1.29 is 4.42 Å². The molecule has 2 atom stereocenters. The third kappa shape index (κ3) is 5.49. The number of rotatable bonds is 4. The van der Waals surface area contributed by atoms with E-state index >= 15 is 0 Å². The molecule has 0 radical (unpaired) electrons. The molecule has 5 heteroatoms. The minimum atomic E-state index is -0.0992. The minimum absolute atomic E-state index is 0.0145. The van der Waals surface area contributed by atoms with Crippen LogP contribution in [0.15, 0.2) is 101 Å². The number of nitrogens with zero attached hydrogens (tertiary/aromatic N) is 2. The molecule has 1 saturated carbocycles. The van der Waals surface area contributed by atoms with E-state index in [2.05, 4.69) is 162 Å². The number of halogens is 1. The van der Waals surface area contributed by atoms with Crippen LogP contribution in [0.1, 0.15) is 123 Å². The van der Waals surface area contributed by atoms with E-state index in [1.807, 2.05) is 17.4 Å². The average Bonchev–Trinajstić information content (AvgIpc) is 3.81. The van der Waals surface area contributed by atoms with Crippen molar-refractivity contribution in [3.63, 3.8) is 0 Å². The fraction of sp³-hybridized carbons (Fsp3) is 0.385. The Labute approximate surface area is 347 Å². The molecule has 7 aromatic rings. The maximum atomic E-state index is 7.36. The van der Waals surface area contributed by atoms with Crippen molar-refractivity contribution in [2.24, 2.45) is 0 Å². The molecule has 3 nitrogen and oxygen atoms in total. The van der Waals surface area contributed by atoms with Gasteiger partial charge in [-0.2, -0.15) is 0 Å². The van der Waals surface area contributed by atoms with E-state index in [1.165, 1.54) is 75.8 Å². The molecular formula is C52H55ClN2OS. The molecule has 3 heterocycles. The summed E-state index contributed by atoms with van der Waals surface area (Å²) >= 11 is 9.21. The van der Waals surface area contributed by atoms with Crippen LogP contribution in [0.4, 0.5) is 28.4 Å². The summed E-state index contributed by atoms with van der Waals surface area (Å²) in [5.74, 6) is 0. The Balaban J connectivity index is 1.21. The highest BCUT2D eigenvalue weighted by molar-refractivity contribution is 7.17. The maximum absolute atomic E-state index is 7.36. The van der Waals surface area contributed by atoms with Gasteiger partial charge in [0, 0.05) is 59.4 Å². The van der Waals surface area contributed by atoms with Crippen molar-refractivity contribution in [2.75, 3.05) is 9.80 Å². The van der Waals surface area contributed by atoms with E-state index in [1.54, 1.807) is 0 Å². The summed E-state index contributed by atoms with van der Waals surface area (Å²) in [5, 5.41) is 6.64. The van der Waals surface area contributed by atoms with Gasteiger partial charge >= 0.3 is 0 Å². The van der Waals surface area contributed by atoms with Gasteiger partial charge in [0.05, 0.1) is 11.2 Å². The smallest absolute Gasteiger partial charge is 0.135 e. The summed E-state index contributed by atoms with van der Waals surface area (Å²) in [6, 6.07) is 34.2. The first-order valence-corrected chi connectivity index (χ1v) is 22.3. The number of anilines is 5. The van der Waals surface area contributed by atoms with Gasteiger partial charge in [0.2, 0.25) is 0 Å². The van der Waals surface area contributed by atoms with Crippen LogP contribution in [0.3, 0.4) is 0 Å². The Hall–Kier alpha value is -4.25. The molecule has 2 unspecified atom stereocenters. The van der Waals surface area contributed by atoms with Crippen molar-refractivity contribution in [1.29, 1.82) is 0 Å². The largest absolute Gasteiger partial charge is 0.456 e. The molecule has 1 fully saturated rings. The van der Waals surface area contributed by atoms with Crippen LogP contribution in [0.5, 0.6) is 0 Å². The zero-order valence-electron chi connectivity index (χ0n) is 35.1. The predicted octanol–water partition coefficient (Wildman–Crippen LogP) is 16.3. The van der Waals surface area contributed by atoms with Crippen LogP contribution in [0, 0.1) is 0 Å². The summed E-state index contributed by atoms with van der Waals surface area (Å²) < 4.78 is 7.68. The molecule has 2 aromatic heterocycles. The first kappa shape index (κ1) is 37.0. The van der Waals surface area contributed by atoms with Crippen LogP contribution in [-0.4, -0.2) is 5.54 Å². The highest BCUT2D eigenvalue weighted by Gasteiger charge is 2.58. The Morgan fingerprint density at radius 2 is 1.39 bits per heavy atom. The molecule has 0 spiro atoms. The van der Waals surface area contributed by atoms with E-state index in [-0.39, 0.29) is 27.2 Å². The van der Waals surface area contributed by atoms with Gasteiger partial charge in [0.15, 0.2) is 0 Å². The number of furan rings is 1. The van der Waals surface area contributed by atoms with Crippen molar-refractivity contribution in [1.82, 2.24) is 0 Å². The molecule has 0 N–H and O–H groups in total. The van der Waals surface area contributed by atoms with E-state index in [0.717, 1.165) is 50.4 Å². The first-order chi connectivity index (χ1) is 27.0. The number of thiophene rings is 1. The van der Waals surface area contributed by atoms with E-state index in [9.17, 15) is 0 Å². The van der Waals surface area contributed by atoms with Crippen molar-refractivity contribution in [2.45, 2.75) is 128 Å². The summed E-state index contributed by atoms with van der Waals surface area (Å²) in [6.07, 6.45) is 7.15.